The third-order valence-corrected chi connectivity index (χ3v) is 5.22. The van der Waals surface area contributed by atoms with Crippen LogP contribution in [-0.4, -0.2) is 18.0 Å². The summed E-state index contributed by atoms with van der Waals surface area (Å²) in [6, 6.07) is 30.8. The van der Waals surface area contributed by atoms with Gasteiger partial charge >= 0.3 is 0 Å². The second-order valence-corrected chi connectivity index (χ2v) is 7.11. The molecule has 25 heavy (non-hydrogen) atoms. The molecule has 0 aliphatic carbocycles. The van der Waals surface area contributed by atoms with Crippen molar-refractivity contribution in [3.8, 4) is 0 Å². The number of hydrogen-bond acceptors (Lipinski definition) is 1. The fourth-order valence-electron chi connectivity index (χ4n) is 3.83. The van der Waals surface area contributed by atoms with Crippen LogP contribution in [0.25, 0.3) is 0 Å². The van der Waals surface area contributed by atoms with Gasteiger partial charge in [0.2, 0.25) is 0 Å². The third kappa shape index (κ3) is 4.18. The average Bonchev–Trinajstić information content (AvgIpc) is 3.12. The van der Waals surface area contributed by atoms with Crippen molar-refractivity contribution in [2.45, 2.75) is 25.3 Å². The Morgan fingerprint density at radius 1 is 0.680 bits per heavy atom. The van der Waals surface area contributed by atoms with Gasteiger partial charge in [0, 0.05) is 13.1 Å². The first kappa shape index (κ1) is 16.1. The molecule has 1 nitrogen and oxygen atoms in total. The largest absolute Gasteiger partial charge is 0.298 e. The van der Waals surface area contributed by atoms with E-state index in [1.54, 1.807) is 0 Å². The average molecular weight is 327 g/mol. The molecule has 3 aromatic rings. The third-order valence-electron chi connectivity index (χ3n) is 5.22. The predicted molar refractivity (Wildman–Crippen MR) is 105 cm³/mol. The highest BCUT2D eigenvalue weighted by Crippen LogP contribution is 2.28. The molecule has 1 aliphatic heterocycles. The Bertz CT molecular complexity index is 777. The van der Waals surface area contributed by atoms with E-state index in [4.69, 9.17) is 0 Å². The highest BCUT2D eigenvalue weighted by atomic mass is 15.1. The lowest BCUT2D eigenvalue weighted by Crippen LogP contribution is -2.19. The number of rotatable bonds is 5. The maximum atomic E-state index is 2.58. The monoisotopic (exact) mass is 327 g/mol. The topological polar surface area (TPSA) is 3.24 Å². The van der Waals surface area contributed by atoms with Crippen LogP contribution in [0.5, 0.6) is 0 Å². The SMILES string of the molecule is c1ccc(Cc2ccc(C3CCN(Cc4ccccc4)C3)cc2)cc1. The van der Waals surface area contributed by atoms with E-state index in [9.17, 15) is 0 Å². The molecular weight excluding hydrogens is 302 g/mol. The van der Waals surface area contributed by atoms with E-state index in [1.165, 1.54) is 41.8 Å². The number of likely N-dealkylation sites (tertiary alicyclic amines) is 1. The molecule has 1 saturated heterocycles. The minimum atomic E-state index is 0.675. The van der Waals surface area contributed by atoms with Crippen molar-refractivity contribution in [1.29, 1.82) is 0 Å². The maximum absolute atomic E-state index is 2.58. The van der Waals surface area contributed by atoms with E-state index in [0.29, 0.717) is 5.92 Å². The lowest BCUT2D eigenvalue weighted by atomic mass is 9.96. The molecule has 0 radical (unpaired) electrons. The van der Waals surface area contributed by atoms with Crippen molar-refractivity contribution in [3.63, 3.8) is 0 Å². The molecule has 0 saturated carbocycles. The van der Waals surface area contributed by atoms with Crippen LogP contribution in [0, 0.1) is 0 Å². The van der Waals surface area contributed by atoms with Gasteiger partial charge in [-0.05, 0) is 47.6 Å². The Morgan fingerprint density at radius 3 is 1.96 bits per heavy atom. The molecule has 1 heteroatoms. The van der Waals surface area contributed by atoms with Crippen LogP contribution in [0.15, 0.2) is 84.9 Å². The van der Waals surface area contributed by atoms with E-state index in [1.807, 2.05) is 0 Å². The van der Waals surface area contributed by atoms with Gasteiger partial charge in [-0.1, -0.05) is 84.9 Å². The number of hydrogen-bond donors (Lipinski definition) is 0. The summed E-state index contributed by atoms with van der Waals surface area (Å²) in [7, 11) is 0. The van der Waals surface area contributed by atoms with Crippen molar-refractivity contribution >= 4 is 0 Å². The first-order valence-electron chi connectivity index (χ1n) is 9.26. The molecular formula is C24H25N. The quantitative estimate of drug-likeness (QED) is 0.617. The highest BCUT2D eigenvalue weighted by molar-refractivity contribution is 5.30. The van der Waals surface area contributed by atoms with Gasteiger partial charge < -0.3 is 0 Å². The first-order chi connectivity index (χ1) is 12.4. The zero-order valence-electron chi connectivity index (χ0n) is 14.6. The first-order valence-corrected chi connectivity index (χ1v) is 9.26. The van der Waals surface area contributed by atoms with Gasteiger partial charge in [0.1, 0.15) is 0 Å². The molecule has 126 valence electrons. The highest BCUT2D eigenvalue weighted by Gasteiger charge is 2.23. The van der Waals surface area contributed by atoms with Gasteiger partial charge in [-0.2, -0.15) is 0 Å². The smallest absolute Gasteiger partial charge is 0.0233 e. The van der Waals surface area contributed by atoms with E-state index >= 15 is 0 Å². The molecule has 0 bridgehead atoms. The molecule has 1 unspecified atom stereocenters. The fourth-order valence-corrected chi connectivity index (χ4v) is 3.83. The zero-order valence-corrected chi connectivity index (χ0v) is 14.6. The summed E-state index contributed by atoms with van der Waals surface area (Å²) >= 11 is 0. The second kappa shape index (κ2) is 7.67. The van der Waals surface area contributed by atoms with Gasteiger partial charge in [0.05, 0.1) is 0 Å². The Kier molecular flexibility index (Phi) is 4.94. The molecule has 1 atom stereocenters. The van der Waals surface area contributed by atoms with Crippen molar-refractivity contribution in [1.82, 2.24) is 4.90 Å². The summed E-state index contributed by atoms with van der Waals surface area (Å²) in [6.45, 7) is 3.45. The second-order valence-electron chi connectivity index (χ2n) is 7.11. The van der Waals surface area contributed by atoms with E-state index < -0.39 is 0 Å². The van der Waals surface area contributed by atoms with E-state index in [0.717, 1.165) is 13.0 Å². The summed E-state index contributed by atoms with van der Waals surface area (Å²) < 4.78 is 0. The minimum absolute atomic E-state index is 0.675. The van der Waals surface area contributed by atoms with E-state index in [2.05, 4.69) is 89.8 Å². The summed E-state index contributed by atoms with van der Waals surface area (Å²) in [4.78, 5) is 2.58. The standard InChI is InChI=1S/C24H25N/c1-3-7-20(8-4-1)17-21-11-13-23(14-12-21)24-15-16-25(19-24)18-22-9-5-2-6-10-22/h1-14,24H,15-19H2. The summed E-state index contributed by atoms with van der Waals surface area (Å²) in [5.74, 6) is 0.675. The van der Waals surface area contributed by atoms with Crippen LogP contribution in [0.3, 0.4) is 0 Å². The van der Waals surface area contributed by atoms with Crippen LogP contribution in [-0.2, 0) is 13.0 Å². The number of nitrogens with zero attached hydrogens (tertiary/aromatic N) is 1. The fraction of sp³-hybridized carbons (Fsp3) is 0.250. The van der Waals surface area contributed by atoms with Crippen molar-refractivity contribution in [2.75, 3.05) is 13.1 Å². The minimum Gasteiger partial charge on any atom is -0.298 e. The zero-order chi connectivity index (χ0) is 16.9. The van der Waals surface area contributed by atoms with Crippen LogP contribution in [0.2, 0.25) is 0 Å². The summed E-state index contributed by atoms with van der Waals surface area (Å²) in [5.41, 5.74) is 5.69. The lowest BCUT2D eigenvalue weighted by Gasteiger charge is -2.16. The summed E-state index contributed by atoms with van der Waals surface area (Å²) in [5, 5.41) is 0. The number of benzene rings is 3. The van der Waals surface area contributed by atoms with Crippen LogP contribution >= 0.6 is 0 Å². The Morgan fingerprint density at radius 2 is 1.28 bits per heavy atom. The van der Waals surface area contributed by atoms with Gasteiger partial charge in [-0.15, -0.1) is 0 Å². The Hall–Kier alpha value is -2.38. The Labute approximate surface area is 150 Å². The molecule has 0 aromatic heterocycles. The molecule has 0 spiro atoms. The lowest BCUT2D eigenvalue weighted by molar-refractivity contribution is 0.327. The Balaban J connectivity index is 1.36. The van der Waals surface area contributed by atoms with Crippen molar-refractivity contribution in [3.05, 3.63) is 107 Å². The van der Waals surface area contributed by atoms with Crippen LogP contribution < -0.4 is 0 Å². The maximum Gasteiger partial charge on any atom is 0.0233 e. The van der Waals surface area contributed by atoms with Gasteiger partial charge in [-0.3, -0.25) is 4.90 Å². The molecule has 3 aromatic carbocycles. The molecule has 1 heterocycles. The van der Waals surface area contributed by atoms with Gasteiger partial charge in [0.25, 0.3) is 0 Å². The van der Waals surface area contributed by atoms with Gasteiger partial charge in [-0.25, -0.2) is 0 Å². The van der Waals surface area contributed by atoms with E-state index in [-0.39, 0.29) is 0 Å². The van der Waals surface area contributed by atoms with Gasteiger partial charge in [0.15, 0.2) is 0 Å². The van der Waals surface area contributed by atoms with Crippen LogP contribution in [0.4, 0.5) is 0 Å². The predicted octanol–water partition coefficient (Wildman–Crippen LogP) is 5.27. The molecule has 4 rings (SSSR count). The molecule has 1 fully saturated rings. The normalized spacial score (nSPS) is 17.7. The molecule has 0 amide bonds. The van der Waals surface area contributed by atoms with Crippen molar-refractivity contribution in [2.24, 2.45) is 0 Å². The van der Waals surface area contributed by atoms with Crippen LogP contribution in [0.1, 0.15) is 34.6 Å². The van der Waals surface area contributed by atoms with Crippen molar-refractivity contribution < 1.29 is 0 Å². The summed E-state index contributed by atoms with van der Waals surface area (Å²) in [6.07, 6.45) is 2.29. The molecule has 1 aliphatic rings. The molecule has 0 N–H and O–H groups in total.